The second-order valence-electron chi connectivity index (χ2n) is 9.90. The molecule has 3 rings (SSSR count). The molecular formula is C29H33N3O5. The van der Waals surface area contributed by atoms with E-state index in [0.717, 1.165) is 22.3 Å². The molecule has 0 aliphatic carbocycles. The van der Waals surface area contributed by atoms with Gasteiger partial charge in [0.05, 0.1) is 16.8 Å². The lowest BCUT2D eigenvalue weighted by atomic mass is 9.76. The highest BCUT2D eigenvalue weighted by molar-refractivity contribution is 6.15. The van der Waals surface area contributed by atoms with Crippen molar-refractivity contribution in [2.75, 3.05) is 16.0 Å². The van der Waals surface area contributed by atoms with E-state index < -0.39 is 29.1 Å². The fourth-order valence-corrected chi connectivity index (χ4v) is 4.10. The molecule has 3 amide bonds. The van der Waals surface area contributed by atoms with E-state index >= 15 is 0 Å². The van der Waals surface area contributed by atoms with Crippen molar-refractivity contribution in [3.05, 3.63) is 76.9 Å². The van der Waals surface area contributed by atoms with Crippen LogP contribution in [0.15, 0.2) is 54.6 Å². The van der Waals surface area contributed by atoms with Crippen LogP contribution in [0.1, 0.15) is 36.1 Å². The van der Waals surface area contributed by atoms with Crippen LogP contribution in [0.5, 0.6) is 11.5 Å². The van der Waals surface area contributed by atoms with Crippen LogP contribution in [-0.2, 0) is 14.4 Å². The summed E-state index contributed by atoms with van der Waals surface area (Å²) in [7, 11) is 0. The van der Waals surface area contributed by atoms with Gasteiger partial charge in [-0.3, -0.25) is 14.4 Å². The van der Waals surface area contributed by atoms with Crippen LogP contribution in [-0.4, -0.2) is 27.9 Å². The molecule has 8 heteroatoms. The van der Waals surface area contributed by atoms with E-state index in [0.29, 0.717) is 5.69 Å². The Kier molecular flexibility index (Phi) is 7.91. The lowest BCUT2D eigenvalue weighted by molar-refractivity contribution is -0.141. The zero-order valence-electron chi connectivity index (χ0n) is 21.9. The predicted octanol–water partition coefficient (Wildman–Crippen LogP) is 5.19. The van der Waals surface area contributed by atoms with Crippen molar-refractivity contribution in [3.8, 4) is 11.5 Å². The lowest BCUT2D eigenvalue weighted by Crippen LogP contribution is -2.49. The average Bonchev–Trinajstić information content (AvgIpc) is 2.81. The number of hydrogen-bond donors (Lipinski definition) is 5. The van der Waals surface area contributed by atoms with Gasteiger partial charge >= 0.3 is 0 Å². The number of benzene rings is 3. The highest BCUT2D eigenvalue weighted by Gasteiger charge is 2.46. The summed E-state index contributed by atoms with van der Waals surface area (Å²) in [6, 6.07) is 14.9. The van der Waals surface area contributed by atoms with Crippen molar-refractivity contribution in [1.82, 2.24) is 0 Å². The van der Waals surface area contributed by atoms with Gasteiger partial charge in [-0.15, -0.1) is 0 Å². The summed E-state index contributed by atoms with van der Waals surface area (Å²) in [6.07, 6.45) is 0. The third-order valence-electron chi connectivity index (χ3n) is 6.37. The number of phenolic OH excluding ortho intramolecular Hbond substituents is 2. The van der Waals surface area contributed by atoms with Crippen LogP contribution >= 0.6 is 0 Å². The van der Waals surface area contributed by atoms with Crippen molar-refractivity contribution in [1.29, 1.82) is 0 Å². The van der Waals surface area contributed by atoms with Gasteiger partial charge in [0.1, 0.15) is 17.4 Å². The number of rotatable bonds is 7. The van der Waals surface area contributed by atoms with Gasteiger partial charge in [-0.05, 0) is 88.1 Å². The number of amides is 3. The topological polar surface area (TPSA) is 128 Å². The molecule has 0 aliphatic heterocycles. The zero-order chi connectivity index (χ0) is 27.5. The summed E-state index contributed by atoms with van der Waals surface area (Å²) in [4.78, 5) is 40.7. The van der Waals surface area contributed by atoms with Gasteiger partial charge < -0.3 is 26.2 Å². The maximum atomic E-state index is 13.6. The number of anilines is 3. The molecule has 0 radical (unpaired) electrons. The minimum absolute atomic E-state index is 0.118. The molecule has 0 atom stereocenters. The normalized spacial score (nSPS) is 11.2. The van der Waals surface area contributed by atoms with Gasteiger partial charge in [-0.1, -0.05) is 30.3 Å². The van der Waals surface area contributed by atoms with Gasteiger partial charge in [0.15, 0.2) is 0 Å². The van der Waals surface area contributed by atoms with Gasteiger partial charge in [-0.25, -0.2) is 0 Å². The molecule has 3 aromatic rings. The molecule has 0 spiro atoms. The first-order valence-electron chi connectivity index (χ1n) is 11.9. The molecule has 0 heterocycles. The third-order valence-corrected chi connectivity index (χ3v) is 6.37. The Morgan fingerprint density at radius 1 is 0.703 bits per heavy atom. The smallest absolute Gasteiger partial charge is 0.238 e. The fraction of sp³-hybridized carbons (Fsp3) is 0.276. The predicted molar refractivity (Wildman–Crippen MR) is 145 cm³/mol. The molecule has 194 valence electrons. The molecule has 0 unspecified atom stereocenters. The Morgan fingerprint density at radius 3 is 1.57 bits per heavy atom. The number of carbonyl (C=O) groups is 3. The SMILES string of the molecule is Cc1ccc(O)c(NC(=O)C(C(=O)Nc2cc(C)ccc2O)C(C)(C)C(=O)Nc2c(C)cccc2C)c1. The Hall–Kier alpha value is -4.33. The first-order chi connectivity index (χ1) is 17.3. The zero-order valence-corrected chi connectivity index (χ0v) is 21.9. The molecule has 0 aliphatic rings. The van der Waals surface area contributed by atoms with Gasteiger partial charge in [0, 0.05) is 5.69 Å². The monoisotopic (exact) mass is 503 g/mol. The van der Waals surface area contributed by atoms with Crippen molar-refractivity contribution in [2.45, 2.75) is 41.5 Å². The number of aryl methyl sites for hydroxylation is 4. The van der Waals surface area contributed by atoms with Crippen LogP contribution in [0, 0.1) is 39.0 Å². The van der Waals surface area contributed by atoms with E-state index in [1.165, 1.54) is 26.0 Å². The Balaban J connectivity index is 2.00. The number of aromatic hydroxyl groups is 2. The number of nitrogens with one attached hydrogen (secondary N) is 3. The summed E-state index contributed by atoms with van der Waals surface area (Å²) in [5.41, 5.74) is 2.54. The molecule has 37 heavy (non-hydrogen) atoms. The van der Waals surface area contributed by atoms with Crippen LogP contribution in [0.4, 0.5) is 17.1 Å². The molecule has 0 bridgehead atoms. The molecule has 0 saturated heterocycles. The minimum Gasteiger partial charge on any atom is -0.506 e. The van der Waals surface area contributed by atoms with Gasteiger partial charge in [-0.2, -0.15) is 0 Å². The second-order valence-corrected chi connectivity index (χ2v) is 9.90. The number of carbonyl (C=O) groups excluding carboxylic acids is 3. The number of para-hydroxylation sites is 1. The van der Waals surface area contributed by atoms with Crippen molar-refractivity contribution < 1.29 is 24.6 Å². The Bertz CT molecular complexity index is 1280. The van der Waals surface area contributed by atoms with Crippen molar-refractivity contribution in [3.63, 3.8) is 0 Å². The molecule has 0 saturated carbocycles. The molecule has 8 nitrogen and oxygen atoms in total. The van der Waals surface area contributed by atoms with Crippen molar-refractivity contribution in [2.24, 2.45) is 11.3 Å². The second kappa shape index (κ2) is 10.7. The maximum absolute atomic E-state index is 13.6. The standard InChI is InChI=1S/C29H33N3O5/c1-16-10-12-22(33)20(14-16)30-26(35)24(27(36)31-21-15-17(2)11-13-23(21)34)29(5,6)28(37)32-25-18(3)8-7-9-19(25)4/h7-15,24,33-34H,1-6H3,(H,30,35)(H,31,36)(H,32,37). The van der Waals surface area contributed by atoms with Crippen LogP contribution < -0.4 is 16.0 Å². The van der Waals surface area contributed by atoms with E-state index in [2.05, 4.69) is 16.0 Å². The maximum Gasteiger partial charge on any atom is 0.238 e. The van der Waals surface area contributed by atoms with Crippen LogP contribution in [0.25, 0.3) is 0 Å². The first-order valence-corrected chi connectivity index (χ1v) is 11.9. The summed E-state index contributed by atoms with van der Waals surface area (Å²) in [5, 5.41) is 28.6. The van der Waals surface area contributed by atoms with Gasteiger partial charge in [0.2, 0.25) is 17.7 Å². The largest absolute Gasteiger partial charge is 0.506 e. The van der Waals surface area contributed by atoms with Crippen LogP contribution in [0.3, 0.4) is 0 Å². The lowest BCUT2D eigenvalue weighted by Gasteiger charge is -2.32. The van der Waals surface area contributed by atoms with E-state index in [1.807, 2.05) is 32.0 Å². The Labute approximate surface area is 216 Å². The third kappa shape index (κ3) is 6.09. The molecule has 0 aromatic heterocycles. The number of phenols is 2. The minimum atomic E-state index is -1.54. The quantitative estimate of drug-likeness (QED) is 0.224. The van der Waals surface area contributed by atoms with E-state index in [4.69, 9.17) is 0 Å². The highest BCUT2D eigenvalue weighted by atomic mass is 16.3. The average molecular weight is 504 g/mol. The summed E-state index contributed by atoms with van der Waals surface area (Å²) >= 11 is 0. The van der Waals surface area contributed by atoms with E-state index in [-0.39, 0.29) is 22.9 Å². The van der Waals surface area contributed by atoms with Crippen molar-refractivity contribution >= 4 is 34.8 Å². The van der Waals surface area contributed by atoms with Crippen LogP contribution in [0.2, 0.25) is 0 Å². The summed E-state index contributed by atoms with van der Waals surface area (Å²) < 4.78 is 0. The summed E-state index contributed by atoms with van der Waals surface area (Å²) in [6.45, 7) is 10.3. The first kappa shape index (κ1) is 27.3. The number of hydrogen-bond acceptors (Lipinski definition) is 5. The molecule has 0 fully saturated rings. The fourth-order valence-electron chi connectivity index (χ4n) is 4.10. The summed E-state index contributed by atoms with van der Waals surface area (Å²) in [5.74, 6) is -3.99. The molecular weight excluding hydrogens is 470 g/mol. The highest BCUT2D eigenvalue weighted by Crippen LogP contribution is 2.35. The van der Waals surface area contributed by atoms with E-state index in [1.54, 1.807) is 38.1 Å². The Morgan fingerprint density at radius 2 is 1.14 bits per heavy atom. The molecule has 5 N–H and O–H groups in total. The van der Waals surface area contributed by atoms with Gasteiger partial charge in [0.25, 0.3) is 0 Å². The molecule has 3 aromatic carbocycles. The van der Waals surface area contributed by atoms with E-state index in [9.17, 15) is 24.6 Å².